The number of nitrogens with zero attached hydrogens (tertiary/aromatic N) is 2. The van der Waals surface area contributed by atoms with Crippen LogP contribution in [0, 0.1) is 6.92 Å². The van der Waals surface area contributed by atoms with Crippen LogP contribution in [0.4, 0.5) is 16.2 Å². The lowest BCUT2D eigenvalue weighted by molar-refractivity contribution is 0.0698. The fraction of sp³-hybridized carbons (Fsp3) is 0.429. The van der Waals surface area contributed by atoms with Crippen LogP contribution in [0.3, 0.4) is 0 Å². The minimum Gasteiger partial charge on any atom is -0.478 e. The van der Waals surface area contributed by atoms with Crippen LogP contribution in [-0.2, 0) is 0 Å². The topological polar surface area (TPSA) is 98.9 Å². The first-order valence-electron chi connectivity index (χ1n) is 6.90. The smallest absolute Gasteiger partial charge is 0.337 e. The van der Waals surface area contributed by atoms with Gasteiger partial charge in [-0.1, -0.05) is 0 Å². The van der Waals surface area contributed by atoms with Crippen molar-refractivity contribution >= 4 is 23.4 Å². The van der Waals surface area contributed by atoms with E-state index in [1.54, 1.807) is 6.07 Å². The minimum atomic E-state index is -1.02. The number of nitrogen functional groups attached to an aromatic ring is 1. The molecule has 2 aliphatic rings. The molecule has 2 fully saturated rings. The Kier molecular flexibility index (Phi) is 3.12. The number of hydrogen-bond donors (Lipinski definition) is 3. The molecule has 0 aliphatic carbocycles. The van der Waals surface area contributed by atoms with Crippen LogP contribution in [0.5, 0.6) is 0 Å². The van der Waals surface area contributed by atoms with Crippen molar-refractivity contribution in [2.24, 2.45) is 0 Å². The molecule has 1 aromatic carbocycles. The number of aromatic carboxylic acids is 1. The number of amides is 2. The predicted octanol–water partition coefficient (Wildman–Crippen LogP) is 0.489. The summed E-state index contributed by atoms with van der Waals surface area (Å²) in [5.74, 6) is -1.02. The number of aryl methyl sites for hydroxylation is 1. The molecular formula is C14H18N4O3. The lowest BCUT2D eigenvalue weighted by atomic mass is 10.0. The summed E-state index contributed by atoms with van der Waals surface area (Å²) in [5.41, 5.74) is 7.87. The standard InChI is InChI=1S/C14H18N4O3/c1-8-4-9(5-11(12(8)15)13(19)20)17-2-3-18-10(7-17)6-16-14(18)21/h4-5,10H,2-3,6-7,15H2,1H3,(H,16,21)(H,19,20). The van der Waals surface area contributed by atoms with E-state index in [9.17, 15) is 14.7 Å². The fourth-order valence-electron chi connectivity index (χ4n) is 2.98. The van der Waals surface area contributed by atoms with E-state index in [1.807, 2.05) is 17.9 Å². The van der Waals surface area contributed by atoms with E-state index in [0.717, 1.165) is 11.3 Å². The van der Waals surface area contributed by atoms with Gasteiger partial charge in [0, 0.05) is 37.6 Å². The zero-order valence-corrected chi connectivity index (χ0v) is 11.8. The highest BCUT2D eigenvalue weighted by Gasteiger charge is 2.35. The van der Waals surface area contributed by atoms with Crippen LogP contribution in [-0.4, -0.2) is 54.2 Å². The first-order valence-corrected chi connectivity index (χ1v) is 6.90. The Morgan fingerprint density at radius 2 is 2.19 bits per heavy atom. The third-order valence-corrected chi connectivity index (χ3v) is 4.20. The van der Waals surface area contributed by atoms with Gasteiger partial charge in [-0.25, -0.2) is 9.59 Å². The van der Waals surface area contributed by atoms with Gasteiger partial charge in [-0.15, -0.1) is 0 Å². The zero-order valence-electron chi connectivity index (χ0n) is 11.8. The second-order valence-corrected chi connectivity index (χ2v) is 5.51. The van der Waals surface area contributed by atoms with E-state index >= 15 is 0 Å². The molecule has 2 aliphatic heterocycles. The summed E-state index contributed by atoms with van der Waals surface area (Å²) in [7, 11) is 0. The molecule has 1 atom stereocenters. The average Bonchev–Trinajstić information content (AvgIpc) is 2.82. The van der Waals surface area contributed by atoms with Crippen molar-refractivity contribution in [1.29, 1.82) is 0 Å². The molecule has 0 radical (unpaired) electrons. The molecule has 2 saturated heterocycles. The number of carboxylic acid groups (broad SMARTS) is 1. The van der Waals surface area contributed by atoms with Gasteiger partial charge < -0.3 is 26.0 Å². The molecule has 2 heterocycles. The van der Waals surface area contributed by atoms with Gasteiger partial charge in [0.25, 0.3) is 0 Å². The van der Waals surface area contributed by atoms with Gasteiger partial charge in [-0.3, -0.25) is 0 Å². The van der Waals surface area contributed by atoms with Crippen LogP contribution < -0.4 is 16.0 Å². The number of nitrogens with two attached hydrogens (primary N) is 1. The van der Waals surface area contributed by atoms with Crippen LogP contribution in [0.1, 0.15) is 15.9 Å². The van der Waals surface area contributed by atoms with Gasteiger partial charge in [0.15, 0.2) is 0 Å². The molecule has 21 heavy (non-hydrogen) atoms. The van der Waals surface area contributed by atoms with Crippen molar-refractivity contribution in [2.45, 2.75) is 13.0 Å². The first-order chi connectivity index (χ1) is 9.97. The quantitative estimate of drug-likeness (QED) is 0.688. The first kappa shape index (κ1) is 13.5. The van der Waals surface area contributed by atoms with E-state index < -0.39 is 5.97 Å². The number of fused-ring (bicyclic) bond motifs is 1. The summed E-state index contributed by atoms with van der Waals surface area (Å²) < 4.78 is 0. The number of anilines is 2. The van der Waals surface area contributed by atoms with E-state index in [4.69, 9.17) is 5.73 Å². The Morgan fingerprint density at radius 1 is 1.43 bits per heavy atom. The monoisotopic (exact) mass is 290 g/mol. The number of carboxylic acids is 1. The largest absolute Gasteiger partial charge is 0.478 e. The normalized spacial score (nSPS) is 21.2. The third kappa shape index (κ3) is 2.24. The summed E-state index contributed by atoms with van der Waals surface area (Å²) in [6.07, 6.45) is 0. The van der Waals surface area contributed by atoms with Crippen LogP contribution in [0.2, 0.25) is 0 Å². The van der Waals surface area contributed by atoms with Gasteiger partial charge in [-0.05, 0) is 24.6 Å². The van der Waals surface area contributed by atoms with Gasteiger partial charge in [-0.2, -0.15) is 0 Å². The predicted molar refractivity (Wildman–Crippen MR) is 78.7 cm³/mol. The maximum Gasteiger partial charge on any atom is 0.337 e. The highest BCUT2D eigenvalue weighted by molar-refractivity contribution is 5.95. The highest BCUT2D eigenvalue weighted by atomic mass is 16.4. The summed E-state index contributed by atoms with van der Waals surface area (Å²) >= 11 is 0. The number of urea groups is 1. The minimum absolute atomic E-state index is 0.0145. The maximum atomic E-state index is 11.6. The van der Waals surface area contributed by atoms with Crippen LogP contribution in [0.25, 0.3) is 0 Å². The Morgan fingerprint density at radius 3 is 2.90 bits per heavy atom. The molecule has 1 aromatic rings. The molecular weight excluding hydrogens is 272 g/mol. The molecule has 7 nitrogen and oxygen atoms in total. The van der Waals surface area contributed by atoms with Crippen molar-refractivity contribution in [2.75, 3.05) is 36.8 Å². The third-order valence-electron chi connectivity index (χ3n) is 4.20. The lowest BCUT2D eigenvalue weighted by Crippen LogP contribution is -2.52. The number of rotatable bonds is 2. The van der Waals surface area contributed by atoms with E-state index in [0.29, 0.717) is 31.9 Å². The lowest BCUT2D eigenvalue weighted by Gasteiger charge is -2.38. The molecule has 0 saturated carbocycles. The van der Waals surface area contributed by atoms with Crippen molar-refractivity contribution < 1.29 is 14.7 Å². The molecule has 3 rings (SSSR count). The summed E-state index contributed by atoms with van der Waals surface area (Å²) in [4.78, 5) is 26.8. The average molecular weight is 290 g/mol. The van der Waals surface area contributed by atoms with Crippen molar-refractivity contribution in [3.8, 4) is 0 Å². The number of piperazine rings is 1. The molecule has 7 heteroatoms. The number of carbonyl (C=O) groups is 2. The van der Waals surface area contributed by atoms with Crippen LogP contribution in [0.15, 0.2) is 12.1 Å². The Labute approximate surface area is 122 Å². The molecule has 4 N–H and O–H groups in total. The van der Waals surface area contributed by atoms with E-state index in [2.05, 4.69) is 10.2 Å². The van der Waals surface area contributed by atoms with E-state index in [1.165, 1.54) is 0 Å². The molecule has 1 unspecified atom stereocenters. The summed E-state index contributed by atoms with van der Waals surface area (Å²) in [6, 6.07) is 3.64. The molecule has 112 valence electrons. The van der Waals surface area contributed by atoms with Gasteiger partial charge in [0.2, 0.25) is 0 Å². The molecule has 2 amide bonds. The zero-order chi connectivity index (χ0) is 15.1. The molecule has 0 bridgehead atoms. The number of carbonyl (C=O) groups excluding carboxylic acids is 1. The highest BCUT2D eigenvalue weighted by Crippen LogP contribution is 2.28. The van der Waals surface area contributed by atoms with Gasteiger partial charge in [0.05, 0.1) is 11.6 Å². The Hall–Kier alpha value is -2.44. The second kappa shape index (κ2) is 4.83. The molecule has 0 spiro atoms. The van der Waals surface area contributed by atoms with Crippen molar-refractivity contribution in [3.05, 3.63) is 23.3 Å². The van der Waals surface area contributed by atoms with Gasteiger partial charge >= 0.3 is 12.0 Å². The van der Waals surface area contributed by atoms with Gasteiger partial charge in [0.1, 0.15) is 0 Å². The van der Waals surface area contributed by atoms with Crippen LogP contribution >= 0.6 is 0 Å². The van der Waals surface area contributed by atoms with E-state index in [-0.39, 0.29) is 17.6 Å². The SMILES string of the molecule is Cc1cc(N2CCN3C(=O)NCC3C2)cc(C(=O)O)c1N. The summed E-state index contributed by atoms with van der Waals surface area (Å²) in [6.45, 7) is 4.47. The number of hydrogen-bond acceptors (Lipinski definition) is 4. The Bertz CT molecular complexity index is 616. The van der Waals surface area contributed by atoms with Crippen molar-refractivity contribution in [3.63, 3.8) is 0 Å². The van der Waals surface area contributed by atoms with Crippen molar-refractivity contribution in [1.82, 2.24) is 10.2 Å². The fourth-order valence-corrected chi connectivity index (χ4v) is 2.98. The number of benzene rings is 1. The number of nitrogens with one attached hydrogen (secondary N) is 1. The maximum absolute atomic E-state index is 11.6. The molecule has 0 aromatic heterocycles. The Balaban J connectivity index is 1.88. The summed E-state index contributed by atoms with van der Waals surface area (Å²) in [5, 5.41) is 12.1. The second-order valence-electron chi connectivity index (χ2n) is 5.51.